The quantitative estimate of drug-likeness (QED) is 0.511. The molecule has 0 aliphatic rings. The summed E-state index contributed by atoms with van der Waals surface area (Å²) in [6, 6.07) is 8.32. The van der Waals surface area contributed by atoms with Crippen molar-refractivity contribution in [3.8, 4) is 0 Å². The molecule has 1 aromatic carbocycles. The first kappa shape index (κ1) is 12.7. The van der Waals surface area contributed by atoms with Crippen LogP contribution in [0.5, 0.6) is 0 Å². The minimum absolute atomic E-state index is 0.0121. The third-order valence-electron chi connectivity index (χ3n) is 2.35. The average Bonchev–Trinajstić information content (AvgIpc) is 2.89. The Kier molecular flexibility index (Phi) is 4.01. The van der Waals surface area contributed by atoms with Crippen LogP contribution in [-0.4, -0.2) is 10.0 Å². The maximum Gasteiger partial charge on any atom is 0.283 e. The molecule has 5 nitrogen and oxygen atoms in total. The lowest BCUT2D eigenvalue weighted by molar-refractivity contribution is -0.387. The SMILES string of the molecule is O=[N+]([O-])c1cc(CO)ccc1SCc1ccco1. The molecule has 2 rings (SSSR count). The number of nitro benzene ring substituents is 1. The summed E-state index contributed by atoms with van der Waals surface area (Å²) in [5.74, 6) is 1.30. The zero-order valence-corrected chi connectivity index (χ0v) is 10.2. The van der Waals surface area contributed by atoms with Gasteiger partial charge < -0.3 is 9.52 Å². The number of aliphatic hydroxyl groups excluding tert-OH is 1. The molecule has 2 aromatic rings. The van der Waals surface area contributed by atoms with Crippen molar-refractivity contribution in [2.75, 3.05) is 0 Å². The largest absolute Gasteiger partial charge is 0.468 e. The van der Waals surface area contributed by atoms with Gasteiger partial charge in [-0.1, -0.05) is 6.07 Å². The number of hydrogen-bond acceptors (Lipinski definition) is 5. The number of rotatable bonds is 5. The highest BCUT2D eigenvalue weighted by Gasteiger charge is 2.15. The summed E-state index contributed by atoms with van der Waals surface area (Å²) < 4.78 is 5.17. The van der Waals surface area contributed by atoms with Crippen LogP contribution in [0.3, 0.4) is 0 Å². The molecule has 0 amide bonds. The second-order valence-corrected chi connectivity index (χ2v) is 4.60. The molecule has 0 spiro atoms. The number of nitro groups is 1. The molecule has 0 unspecified atom stereocenters. The van der Waals surface area contributed by atoms with E-state index in [1.54, 1.807) is 24.5 Å². The standard InChI is InChI=1S/C12H11NO4S/c14-7-9-3-4-12(11(6-9)13(15)16)18-8-10-2-1-5-17-10/h1-6,14H,7-8H2. The number of furan rings is 1. The average molecular weight is 265 g/mol. The Morgan fingerprint density at radius 2 is 2.22 bits per heavy atom. The van der Waals surface area contributed by atoms with E-state index in [2.05, 4.69) is 0 Å². The van der Waals surface area contributed by atoms with Crippen LogP contribution in [0.25, 0.3) is 0 Å². The van der Waals surface area contributed by atoms with Crippen molar-refractivity contribution >= 4 is 17.4 Å². The minimum atomic E-state index is -0.441. The molecule has 1 N–H and O–H groups in total. The highest BCUT2D eigenvalue weighted by molar-refractivity contribution is 7.98. The second kappa shape index (κ2) is 5.70. The number of benzene rings is 1. The molecule has 0 saturated heterocycles. The molecular formula is C12H11NO4S. The molecule has 94 valence electrons. The molecule has 0 atom stereocenters. The topological polar surface area (TPSA) is 76.5 Å². The Morgan fingerprint density at radius 1 is 1.39 bits per heavy atom. The van der Waals surface area contributed by atoms with Crippen molar-refractivity contribution in [3.05, 3.63) is 58.0 Å². The van der Waals surface area contributed by atoms with E-state index in [4.69, 9.17) is 9.52 Å². The first-order valence-electron chi connectivity index (χ1n) is 5.24. The van der Waals surface area contributed by atoms with E-state index in [9.17, 15) is 10.1 Å². The van der Waals surface area contributed by atoms with Crippen molar-refractivity contribution in [2.45, 2.75) is 17.3 Å². The lowest BCUT2D eigenvalue weighted by atomic mass is 10.2. The Hall–Kier alpha value is -1.79. The van der Waals surface area contributed by atoms with Crippen molar-refractivity contribution in [2.24, 2.45) is 0 Å². The summed E-state index contributed by atoms with van der Waals surface area (Å²) in [5, 5.41) is 19.9. The van der Waals surface area contributed by atoms with Crippen LogP contribution in [-0.2, 0) is 12.4 Å². The van der Waals surface area contributed by atoms with Crippen LogP contribution in [0.4, 0.5) is 5.69 Å². The van der Waals surface area contributed by atoms with Gasteiger partial charge in [-0.15, -0.1) is 11.8 Å². The Labute approximate surface area is 108 Å². The molecule has 0 bridgehead atoms. The van der Waals surface area contributed by atoms with Crippen LogP contribution in [0.15, 0.2) is 45.9 Å². The fraction of sp³-hybridized carbons (Fsp3) is 0.167. The van der Waals surface area contributed by atoms with Gasteiger partial charge in [0.2, 0.25) is 0 Å². The summed E-state index contributed by atoms with van der Waals surface area (Å²) in [7, 11) is 0. The van der Waals surface area contributed by atoms with Crippen molar-refractivity contribution in [3.63, 3.8) is 0 Å². The third-order valence-corrected chi connectivity index (χ3v) is 3.44. The number of hydrogen-bond donors (Lipinski definition) is 1. The molecule has 0 radical (unpaired) electrons. The maximum atomic E-state index is 10.9. The summed E-state index contributed by atoms with van der Waals surface area (Å²) in [4.78, 5) is 11.1. The highest BCUT2D eigenvalue weighted by Crippen LogP contribution is 2.32. The predicted molar refractivity (Wildman–Crippen MR) is 67.3 cm³/mol. The van der Waals surface area contributed by atoms with Gasteiger partial charge in [0.1, 0.15) is 5.76 Å². The van der Waals surface area contributed by atoms with Gasteiger partial charge >= 0.3 is 0 Å². The number of nitrogens with zero attached hydrogens (tertiary/aromatic N) is 1. The van der Waals surface area contributed by atoms with Gasteiger partial charge in [0.25, 0.3) is 5.69 Å². The van der Waals surface area contributed by atoms with Crippen LogP contribution < -0.4 is 0 Å². The molecule has 18 heavy (non-hydrogen) atoms. The lowest BCUT2D eigenvalue weighted by Gasteiger charge is -2.03. The summed E-state index contributed by atoms with van der Waals surface area (Å²) in [5.41, 5.74) is 0.544. The van der Waals surface area contributed by atoms with E-state index in [-0.39, 0.29) is 12.3 Å². The normalized spacial score (nSPS) is 10.5. The molecule has 0 saturated carbocycles. The molecule has 0 aliphatic heterocycles. The second-order valence-electron chi connectivity index (χ2n) is 3.59. The summed E-state index contributed by atoms with van der Waals surface area (Å²) in [6.07, 6.45) is 1.57. The van der Waals surface area contributed by atoms with E-state index in [1.807, 2.05) is 6.07 Å². The highest BCUT2D eigenvalue weighted by atomic mass is 32.2. The van der Waals surface area contributed by atoms with Gasteiger partial charge in [0, 0.05) is 6.07 Å². The molecule has 1 heterocycles. The predicted octanol–water partition coefficient (Wildman–Crippen LogP) is 2.97. The van der Waals surface area contributed by atoms with Gasteiger partial charge in [-0.05, 0) is 23.8 Å². The van der Waals surface area contributed by atoms with E-state index >= 15 is 0 Å². The van der Waals surface area contributed by atoms with Crippen LogP contribution in [0.1, 0.15) is 11.3 Å². The summed E-state index contributed by atoms with van der Waals surface area (Å²) >= 11 is 1.34. The minimum Gasteiger partial charge on any atom is -0.468 e. The van der Waals surface area contributed by atoms with Crippen LogP contribution in [0.2, 0.25) is 0 Å². The zero-order chi connectivity index (χ0) is 13.0. The van der Waals surface area contributed by atoms with Crippen LogP contribution >= 0.6 is 11.8 Å². The monoisotopic (exact) mass is 265 g/mol. The zero-order valence-electron chi connectivity index (χ0n) is 9.41. The number of thioether (sulfide) groups is 1. The van der Waals surface area contributed by atoms with E-state index in [1.165, 1.54) is 17.8 Å². The van der Waals surface area contributed by atoms with Crippen LogP contribution in [0, 0.1) is 10.1 Å². The molecule has 6 heteroatoms. The van der Waals surface area contributed by atoms with Crippen molar-refractivity contribution in [1.82, 2.24) is 0 Å². The Balaban J connectivity index is 2.18. The van der Waals surface area contributed by atoms with E-state index in [0.29, 0.717) is 16.2 Å². The third kappa shape index (κ3) is 2.91. The number of aliphatic hydroxyl groups is 1. The Bertz CT molecular complexity index is 539. The van der Waals surface area contributed by atoms with E-state index in [0.717, 1.165) is 5.76 Å². The lowest BCUT2D eigenvalue weighted by Crippen LogP contribution is -1.93. The van der Waals surface area contributed by atoms with Gasteiger partial charge in [0.15, 0.2) is 0 Å². The fourth-order valence-corrected chi connectivity index (χ4v) is 2.38. The van der Waals surface area contributed by atoms with Gasteiger partial charge in [-0.2, -0.15) is 0 Å². The van der Waals surface area contributed by atoms with Gasteiger partial charge in [-0.25, -0.2) is 0 Å². The Morgan fingerprint density at radius 3 is 2.83 bits per heavy atom. The van der Waals surface area contributed by atoms with Gasteiger partial charge in [0.05, 0.1) is 28.4 Å². The van der Waals surface area contributed by atoms with Crippen molar-refractivity contribution in [1.29, 1.82) is 0 Å². The maximum absolute atomic E-state index is 10.9. The smallest absolute Gasteiger partial charge is 0.283 e. The fourth-order valence-electron chi connectivity index (χ4n) is 1.47. The van der Waals surface area contributed by atoms with Crippen molar-refractivity contribution < 1.29 is 14.4 Å². The first-order valence-corrected chi connectivity index (χ1v) is 6.22. The first-order chi connectivity index (χ1) is 8.70. The molecular weight excluding hydrogens is 254 g/mol. The van der Waals surface area contributed by atoms with E-state index < -0.39 is 4.92 Å². The summed E-state index contributed by atoms with van der Waals surface area (Å²) in [6.45, 7) is -0.204. The van der Waals surface area contributed by atoms with Gasteiger partial charge in [-0.3, -0.25) is 10.1 Å². The molecule has 1 aromatic heterocycles. The molecule has 0 aliphatic carbocycles. The molecule has 0 fully saturated rings.